The standard InChI is InChI=1S/C32H32N2Si/c1-6-35(7-2,8-3)20-18-24-21-23-10-12-28-26-13-15-29-27(11-9-22-17-19-33(4)31(22)29)25(26)14-16-30(28)32(23)34(24)5/h9-17,19,21H,6-8H2,1-5H3. The first-order valence-electron chi connectivity index (χ1n) is 12.8. The Morgan fingerprint density at radius 3 is 1.77 bits per heavy atom. The maximum atomic E-state index is 3.78. The number of aromatic nitrogens is 2. The molecule has 6 rings (SSSR count). The summed E-state index contributed by atoms with van der Waals surface area (Å²) in [5.74, 6) is 3.61. The van der Waals surface area contributed by atoms with Crippen molar-refractivity contribution in [2.75, 3.05) is 0 Å². The van der Waals surface area contributed by atoms with Crippen molar-refractivity contribution in [3.05, 3.63) is 72.6 Å². The number of hydrogen-bond donors (Lipinski definition) is 0. The van der Waals surface area contributed by atoms with Crippen LogP contribution in [0.1, 0.15) is 26.5 Å². The average molecular weight is 473 g/mol. The smallest absolute Gasteiger partial charge is 0.138 e. The molecule has 0 saturated carbocycles. The lowest BCUT2D eigenvalue weighted by Crippen LogP contribution is -2.29. The fraction of sp³-hybridized carbons (Fsp3) is 0.250. The molecule has 0 fully saturated rings. The zero-order valence-corrected chi connectivity index (χ0v) is 22.4. The van der Waals surface area contributed by atoms with Gasteiger partial charge < -0.3 is 9.13 Å². The largest absolute Gasteiger partial charge is 0.350 e. The lowest BCUT2D eigenvalue weighted by molar-refractivity contribution is 0.955. The van der Waals surface area contributed by atoms with E-state index in [1.54, 1.807) is 0 Å². The second-order valence-corrected chi connectivity index (χ2v) is 15.0. The average Bonchev–Trinajstić information content (AvgIpc) is 3.44. The van der Waals surface area contributed by atoms with Gasteiger partial charge in [-0.1, -0.05) is 75.2 Å². The van der Waals surface area contributed by atoms with Crippen LogP contribution in [-0.2, 0) is 14.1 Å². The van der Waals surface area contributed by atoms with Gasteiger partial charge in [-0.3, -0.25) is 0 Å². The summed E-state index contributed by atoms with van der Waals surface area (Å²) in [6.45, 7) is 6.96. The number of benzene rings is 4. The van der Waals surface area contributed by atoms with Crippen molar-refractivity contribution in [1.82, 2.24) is 9.13 Å². The van der Waals surface area contributed by atoms with Crippen LogP contribution in [0.2, 0.25) is 18.1 Å². The zero-order valence-electron chi connectivity index (χ0n) is 21.4. The first-order valence-corrected chi connectivity index (χ1v) is 15.5. The van der Waals surface area contributed by atoms with E-state index in [0.29, 0.717) is 0 Å². The van der Waals surface area contributed by atoms with Crippen LogP contribution in [0.15, 0.2) is 66.9 Å². The molecule has 4 aromatic carbocycles. The molecule has 0 unspecified atom stereocenters. The molecule has 0 spiro atoms. The van der Waals surface area contributed by atoms with E-state index in [1.807, 2.05) is 0 Å². The Labute approximate surface area is 208 Å². The Balaban J connectivity index is 1.60. The van der Waals surface area contributed by atoms with E-state index in [-0.39, 0.29) is 0 Å². The maximum absolute atomic E-state index is 3.78. The van der Waals surface area contributed by atoms with E-state index < -0.39 is 8.07 Å². The Kier molecular flexibility index (Phi) is 5.05. The molecule has 6 aromatic rings. The highest BCUT2D eigenvalue weighted by atomic mass is 28.3. The molecule has 0 radical (unpaired) electrons. The zero-order chi connectivity index (χ0) is 24.3. The van der Waals surface area contributed by atoms with E-state index in [4.69, 9.17) is 0 Å². The predicted molar refractivity (Wildman–Crippen MR) is 156 cm³/mol. The fourth-order valence-electron chi connectivity index (χ4n) is 6.02. The van der Waals surface area contributed by atoms with Crippen LogP contribution in [0.4, 0.5) is 0 Å². The van der Waals surface area contributed by atoms with Gasteiger partial charge in [-0.2, -0.15) is 0 Å². The molecule has 35 heavy (non-hydrogen) atoms. The summed E-state index contributed by atoms with van der Waals surface area (Å²) in [6.07, 6.45) is 2.15. The van der Waals surface area contributed by atoms with E-state index >= 15 is 0 Å². The lowest BCUT2D eigenvalue weighted by atomic mass is 9.95. The molecular weight excluding hydrogens is 440 g/mol. The molecule has 2 heterocycles. The van der Waals surface area contributed by atoms with E-state index in [2.05, 4.69) is 122 Å². The quantitative estimate of drug-likeness (QED) is 0.139. The highest BCUT2D eigenvalue weighted by Gasteiger charge is 2.24. The summed E-state index contributed by atoms with van der Waals surface area (Å²) in [4.78, 5) is 0. The van der Waals surface area contributed by atoms with Gasteiger partial charge in [0.25, 0.3) is 0 Å². The molecule has 0 saturated heterocycles. The minimum absolute atomic E-state index is 1.13. The molecule has 2 aromatic heterocycles. The Morgan fingerprint density at radius 2 is 1.14 bits per heavy atom. The van der Waals surface area contributed by atoms with Crippen molar-refractivity contribution in [2.45, 2.75) is 38.9 Å². The van der Waals surface area contributed by atoms with Gasteiger partial charge in [-0.25, -0.2) is 0 Å². The van der Waals surface area contributed by atoms with Gasteiger partial charge in [-0.05, 0) is 51.8 Å². The summed E-state index contributed by atoms with van der Waals surface area (Å²) in [5, 5.41) is 10.4. The molecule has 2 nitrogen and oxygen atoms in total. The summed E-state index contributed by atoms with van der Waals surface area (Å²) >= 11 is 0. The highest BCUT2D eigenvalue weighted by molar-refractivity contribution is 6.87. The fourth-order valence-corrected chi connectivity index (χ4v) is 8.44. The van der Waals surface area contributed by atoms with Gasteiger partial charge in [0.1, 0.15) is 8.07 Å². The van der Waals surface area contributed by atoms with Gasteiger partial charge in [0, 0.05) is 41.8 Å². The van der Waals surface area contributed by atoms with Crippen LogP contribution in [0.25, 0.3) is 54.1 Å². The molecule has 0 aliphatic heterocycles. The minimum atomic E-state index is -1.48. The van der Waals surface area contributed by atoms with Gasteiger partial charge in [0.05, 0.1) is 16.7 Å². The molecule has 174 valence electrons. The third kappa shape index (κ3) is 3.17. The predicted octanol–water partition coefficient (Wildman–Crippen LogP) is 8.53. The molecular formula is C32H32N2Si. The molecule has 0 N–H and O–H groups in total. The Bertz CT molecular complexity index is 1830. The molecule has 0 atom stereocenters. The van der Waals surface area contributed by atoms with Crippen LogP contribution in [0.3, 0.4) is 0 Å². The van der Waals surface area contributed by atoms with Crippen molar-refractivity contribution in [1.29, 1.82) is 0 Å². The third-order valence-electron chi connectivity index (χ3n) is 8.51. The number of rotatable bonds is 3. The van der Waals surface area contributed by atoms with Crippen LogP contribution in [-0.4, -0.2) is 17.2 Å². The first kappa shape index (κ1) is 22.0. The van der Waals surface area contributed by atoms with Crippen molar-refractivity contribution >= 4 is 62.2 Å². The molecule has 0 aliphatic rings. The normalized spacial score (nSPS) is 12.3. The van der Waals surface area contributed by atoms with Gasteiger partial charge in [-0.15, -0.1) is 5.54 Å². The monoisotopic (exact) mass is 472 g/mol. The second kappa shape index (κ2) is 8.04. The first-order chi connectivity index (χ1) is 17.0. The van der Waals surface area contributed by atoms with Crippen LogP contribution in [0, 0.1) is 11.5 Å². The topological polar surface area (TPSA) is 9.86 Å². The SMILES string of the molecule is CC[Si](C#Cc1cc2ccc3c4ccc5c(ccc6ccn(C)c65)c4ccc3c2n1C)(CC)CC. The molecule has 0 bridgehead atoms. The lowest BCUT2D eigenvalue weighted by Gasteiger charge is -2.20. The Hall–Kier alpha value is -3.48. The molecule has 3 heteroatoms. The van der Waals surface area contributed by atoms with Crippen LogP contribution >= 0.6 is 0 Å². The second-order valence-electron chi connectivity index (χ2n) is 10.0. The van der Waals surface area contributed by atoms with Crippen LogP contribution < -0.4 is 0 Å². The van der Waals surface area contributed by atoms with Crippen molar-refractivity contribution in [3.8, 4) is 11.5 Å². The third-order valence-corrected chi connectivity index (χ3v) is 13.2. The van der Waals surface area contributed by atoms with Crippen molar-refractivity contribution < 1.29 is 0 Å². The van der Waals surface area contributed by atoms with E-state index in [0.717, 1.165) is 5.69 Å². The minimum Gasteiger partial charge on any atom is -0.350 e. The number of fused-ring (bicyclic) bond motifs is 9. The number of nitrogens with zero attached hydrogens (tertiary/aromatic N) is 2. The summed E-state index contributed by atoms with van der Waals surface area (Å²) < 4.78 is 4.54. The summed E-state index contributed by atoms with van der Waals surface area (Å²) in [5.41, 5.74) is 7.49. The van der Waals surface area contributed by atoms with Crippen LogP contribution in [0.5, 0.6) is 0 Å². The van der Waals surface area contributed by atoms with Gasteiger partial charge in [0.15, 0.2) is 0 Å². The van der Waals surface area contributed by atoms with Gasteiger partial charge >= 0.3 is 0 Å². The molecule has 0 amide bonds. The van der Waals surface area contributed by atoms with E-state index in [1.165, 1.54) is 72.3 Å². The number of hydrogen-bond acceptors (Lipinski definition) is 0. The van der Waals surface area contributed by atoms with Gasteiger partial charge in [0.2, 0.25) is 0 Å². The summed E-state index contributed by atoms with van der Waals surface area (Å²) in [6, 6.07) is 26.5. The maximum Gasteiger partial charge on any atom is 0.138 e. The van der Waals surface area contributed by atoms with Crippen molar-refractivity contribution in [2.24, 2.45) is 14.1 Å². The van der Waals surface area contributed by atoms with E-state index in [9.17, 15) is 0 Å². The summed E-state index contributed by atoms with van der Waals surface area (Å²) in [7, 11) is 2.83. The highest BCUT2D eigenvalue weighted by Crippen LogP contribution is 2.37. The van der Waals surface area contributed by atoms with Crippen molar-refractivity contribution in [3.63, 3.8) is 0 Å². The number of aryl methyl sites for hydroxylation is 2. The molecule has 0 aliphatic carbocycles. The Morgan fingerprint density at radius 1 is 0.629 bits per heavy atom.